The van der Waals surface area contributed by atoms with E-state index in [9.17, 15) is 4.79 Å². The Morgan fingerprint density at radius 1 is 1.47 bits per heavy atom. The lowest BCUT2D eigenvalue weighted by atomic mass is 10.2. The topological polar surface area (TPSA) is 62.7 Å². The van der Waals surface area contributed by atoms with Crippen LogP contribution in [0.1, 0.15) is 24.4 Å². The molecule has 1 heterocycles. The largest absolute Gasteiger partial charge is 0.344 e. The fraction of sp³-hybridized carbons (Fsp3) is 0.385. The summed E-state index contributed by atoms with van der Waals surface area (Å²) in [7, 11) is 1.93. The van der Waals surface area contributed by atoms with E-state index in [0.29, 0.717) is 6.04 Å². The van der Waals surface area contributed by atoms with Gasteiger partial charge >= 0.3 is 5.69 Å². The van der Waals surface area contributed by atoms with Crippen LogP contribution in [0.4, 0.5) is 0 Å². The summed E-state index contributed by atoms with van der Waals surface area (Å²) in [6, 6.07) is 8.52. The van der Waals surface area contributed by atoms with Gasteiger partial charge in [-0.2, -0.15) is 0 Å². The van der Waals surface area contributed by atoms with E-state index in [2.05, 4.69) is 27.6 Å². The standard InChI is InChI=1S/C13H16N4OS/c1-14-8-9-4-2-3-5-11(9)19-13-16-15-12(18)17(13)10-6-7-10/h2-5,10,14H,6-8H2,1H3,(H,15,18). The number of nitrogens with one attached hydrogen (secondary N) is 2. The van der Waals surface area contributed by atoms with Crippen molar-refractivity contribution in [2.45, 2.75) is 35.5 Å². The third kappa shape index (κ3) is 2.59. The van der Waals surface area contributed by atoms with Gasteiger partial charge in [-0.05, 0) is 43.3 Å². The van der Waals surface area contributed by atoms with Crippen LogP contribution in [0.5, 0.6) is 0 Å². The fourth-order valence-electron chi connectivity index (χ4n) is 2.06. The number of hydrogen-bond acceptors (Lipinski definition) is 4. The van der Waals surface area contributed by atoms with Gasteiger partial charge in [0.25, 0.3) is 0 Å². The average Bonchev–Trinajstić information content (AvgIpc) is 3.18. The normalized spacial score (nSPS) is 14.8. The number of nitrogens with zero attached hydrogens (tertiary/aromatic N) is 2. The van der Waals surface area contributed by atoms with Crippen LogP contribution in [0.15, 0.2) is 39.1 Å². The van der Waals surface area contributed by atoms with Crippen LogP contribution >= 0.6 is 11.8 Å². The molecule has 0 aliphatic heterocycles. The molecule has 19 heavy (non-hydrogen) atoms. The van der Waals surface area contributed by atoms with E-state index in [0.717, 1.165) is 29.4 Å². The number of H-pyrrole nitrogens is 1. The van der Waals surface area contributed by atoms with Gasteiger partial charge in [0.2, 0.25) is 0 Å². The molecule has 1 saturated carbocycles. The van der Waals surface area contributed by atoms with Gasteiger partial charge in [-0.15, -0.1) is 5.10 Å². The van der Waals surface area contributed by atoms with Crippen molar-refractivity contribution in [1.29, 1.82) is 0 Å². The van der Waals surface area contributed by atoms with Crippen molar-refractivity contribution in [3.05, 3.63) is 40.3 Å². The first-order valence-electron chi connectivity index (χ1n) is 6.37. The first-order chi connectivity index (χ1) is 9.29. The lowest BCUT2D eigenvalue weighted by Crippen LogP contribution is -2.16. The summed E-state index contributed by atoms with van der Waals surface area (Å²) in [5.74, 6) is 0. The maximum absolute atomic E-state index is 11.7. The van der Waals surface area contributed by atoms with Gasteiger partial charge < -0.3 is 5.32 Å². The highest BCUT2D eigenvalue weighted by Gasteiger charge is 2.28. The molecule has 0 saturated heterocycles. The molecule has 2 N–H and O–H groups in total. The molecule has 2 aromatic rings. The van der Waals surface area contributed by atoms with Crippen molar-refractivity contribution >= 4 is 11.8 Å². The van der Waals surface area contributed by atoms with Crippen LogP contribution in [-0.2, 0) is 6.54 Å². The SMILES string of the molecule is CNCc1ccccc1Sc1n[nH]c(=O)n1C1CC1. The van der Waals surface area contributed by atoms with Gasteiger partial charge in [0.05, 0.1) is 0 Å². The lowest BCUT2D eigenvalue weighted by molar-refractivity contribution is 0.642. The molecule has 1 aliphatic rings. The Labute approximate surface area is 115 Å². The molecule has 1 aliphatic carbocycles. The molecule has 1 aromatic heterocycles. The fourth-order valence-corrected chi connectivity index (χ4v) is 3.09. The van der Waals surface area contributed by atoms with E-state index in [1.165, 1.54) is 5.56 Å². The Kier molecular flexibility index (Phi) is 3.44. The maximum Gasteiger partial charge on any atom is 0.344 e. The summed E-state index contributed by atoms with van der Waals surface area (Å²) in [6.45, 7) is 0.807. The number of aromatic nitrogens is 3. The van der Waals surface area contributed by atoms with E-state index >= 15 is 0 Å². The molecule has 0 radical (unpaired) electrons. The molecule has 0 atom stereocenters. The molecule has 0 bridgehead atoms. The molecular weight excluding hydrogens is 260 g/mol. The zero-order valence-corrected chi connectivity index (χ0v) is 11.5. The average molecular weight is 276 g/mol. The van der Waals surface area contributed by atoms with E-state index in [1.54, 1.807) is 16.3 Å². The molecule has 0 spiro atoms. The second-order valence-corrected chi connectivity index (χ2v) is 5.66. The second-order valence-electron chi connectivity index (χ2n) is 4.65. The molecule has 5 nitrogen and oxygen atoms in total. The van der Waals surface area contributed by atoms with Crippen molar-refractivity contribution in [3.63, 3.8) is 0 Å². The van der Waals surface area contributed by atoms with Gasteiger partial charge in [0.15, 0.2) is 5.16 Å². The summed E-state index contributed by atoms with van der Waals surface area (Å²) in [5.41, 5.74) is 1.11. The minimum atomic E-state index is -0.101. The smallest absolute Gasteiger partial charge is 0.316 e. The summed E-state index contributed by atoms with van der Waals surface area (Å²) in [6.07, 6.45) is 2.15. The molecule has 0 amide bonds. The van der Waals surface area contributed by atoms with Gasteiger partial charge in [0.1, 0.15) is 0 Å². The third-order valence-corrected chi connectivity index (χ3v) is 4.21. The highest BCUT2D eigenvalue weighted by molar-refractivity contribution is 7.99. The molecule has 0 unspecified atom stereocenters. The molecule has 1 fully saturated rings. The van der Waals surface area contributed by atoms with Crippen molar-refractivity contribution in [1.82, 2.24) is 20.1 Å². The molecule has 1 aromatic carbocycles. The summed E-state index contributed by atoms with van der Waals surface area (Å²) in [4.78, 5) is 12.9. The van der Waals surface area contributed by atoms with Gasteiger partial charge in [-0.3, -0.25) is 4.57 Å². The Morgan fingerprint density at radius 3 is 3.00 bits per heavy atom. The Bertz CT molecular complexity index is 630. The predicted molar refractivity (Wildman–Crippen MR) is 74.4 cm³/mol. The highest BCUT2D eigenvalue weighted by atomic mass is 32.2. The minimum absolute atomic E-state index is 0.101. The van der Waals surface area contributed by atoms with Crippen LogP contribution in [0.25, 0.3) is 0 Å². The first kappa shape index (κ1) is 12.5. The monoisotopic (exact) mass is 276 g/mol. The number of aromatic amines is 1. The van der Waals surface area contributed by atoms with Crippen molar-refractivity contribution in [2.75, 3.05) is 7.05 Å². The first-order valence-corrected chi connectivity index (χ1v) is 7.18. The maximum atomic E-state index is 11.7. The van der Waals surface area contributed by atoms with Crippen LogP contribution in [-0.4, -0.2) is 21.8 Å². The second kappa shape index (κ2) is 5.22. The van der Waals surface area contributed by atoms with Crippen LogP contribution < -0.4 is 11.0 Å². The number of benzene rings is 1. The molecular formula is C13H16N4OS. The van der Waals surface area contributed by atoms with Crippen LogP contribution in [0.3, 0.4) is 0 Å². The lowest BCUT2D eigenvalue weighted by Gasteiger charge is -2.08. The Morgan fingerprint density at radius 2 is 2.26 bits per heavy atom. The minimum Gasteiger partial charge on any atom is -0.316 e. The predicted octanol–water partition coefficient (Wildman–Crippen LogP) is 1.78. The zero-order valence-electron chi connectivity index (χ0n) is 10.7. The van der Waals surface area contributed by atoms with Gasteiger partial charge in [-0.1, -0.05) is 18.2 Å². The molecule has 3 rings (SSSR count). The Hall–Kier alpha value is -1.53. The van der Waals surface area contributed by atoms with E-state index in [4.69, 9.17) is 0 Å². The van der Waals surface area contributed by atoms with Crippen LogP contribution in [0, 0.1) is 0 Å². The highest BCUT2D eigenvalue weighted by Crippen LogP contribution is 2.38. The van der Waals surface area contributed by atoms with Crippen molar-refractivity contribution in [3.8, 4) is 0 Å². The van der Waals surface area contributed by atoms with E-state index in [1.807, 2.05) is 19.2 Å². The number of hydrogen-bond donors (Lipinski definition) is 2. The van der Waals surface area contributed by atoms with Gasteiger partial charge in [-0.25, -0.2) is 9.89 Å². The van der Waals surface area contributed by atoms with Gasteiger partial charge in [0, 0.05) is 17.5 Å². The quantitative estimate of drug-likeness (QED) is 0.874. The zero-order chi connectivity index (χ0) is 13.2. The summed E-state index contributed by atoms with van der Waals surface area (Å²) < 4.78 is 1.78. The van der Waals surface area contributed by atoms with Crippen molar-refractivity contribution in [2.24, 2.45) is 0 Å². The summed E-state index contributed by atoms with van der Waals surface area (Å²) in [5, 5.41) is 10.6. The third-order valence-electron chi connectivity index (χ3n) is 3.13. The number of rotatable bonds is 5. The van der Waals surface area contributed by atoms with E-state index < -0.39 is 0 Å². The van der Waals surface area contributed by atoms with E-state index in [-0.39, 0.29) is 5.69 Å². The Balaban J connectivity index is 1.91. The molecule has 100 valence electrons. The van der Waals surface area contributed by atoms with Crippen LogP contribution in [0.2, 0.25) is 0 Å². The van der Waals surface area contributed by atoms with Crippen molar-refractivity contribution < 1.29 is 0 Å². The summed E-state index contributed by atoms with van der Waals surface area (Å²) >= 11 is 1.55. The molecule has 6 heteroatoms.